The second kappa shape index (κ2) is 5.21. The molecule has 102 valence electrons. The van der Waals surface area contributed by atoms with Crippen LogP contribution < -0.4 is 15.2 Å². The zero-order valence-electron chi connectivity index (χ0n) is 10.8. The molecule has 1 aliphatic rings. The summed E-state index contributed by atoms with van der Waals surface area (Å²) in [5, 5.41) is 0. The first-order chi connectivity index (χ1) is 9.75. The first kappa shape index (κ1) is 12.5. The van der Waals surface area contributed by atoms with Gasteiger partial charge in [-0.1, -0.05) is 18.2 Å². The quantitative estimate of drug-likeness (QED) is 0.859. The van der Waals surface area contributed by atoms with Crippen molar-refractivity contribution >= 4 is 11.6 Å². The minimum absolute atomic E-state index is 0.222. The van der Waals surface area contributed by atoms with Crippen LogP contribution in [0.5, 0.6) is 5.75 Å². The Balaban J connectivity index is 2.01. The van der Waals surface area contributed by atoms with Gasteiger partial charge in [0.05, 0.1) is 12.3 Å². The fourth-order valence-corrected chi connectivity index (χ4v) is 2.26. The summed E-state index contributed by atoms with van der Waals surface area (Å²) in [5.41, 5.74) is 0.740. The van der Waals surface area contributed by atoms with E-state index in [2.05, 4.69) is 4.98 Å². The number of anilines is 1. The van der Waals surface area contributed by atoms with Crippen LogP contribution >= 0.6 is 0 Å². The molecule has 1 amide bonds. The van der Waals surface area contributed by atoms with E-state index in [4.69, 9.17) is 4.74 Å². The van der Waals surface area contributed by atoms with E-state index in [1.807, 2.05) is 24.3 Å². The number of para-hydroxylation sites is 2. The molecule has 20 heavy (non-hydrogen) atoms. The summed E-state index contributed by atoms with van der Waals surface area (Å²) in [5.74, 6) is 0.470. The molecule has 0 fully saturated rings. The Kier molecular flexibility index (Phi) is 3.25. The molecule has 0 unspecified atom stereocenters. The highest BCUT2D eigenvalue weighted by atomic mass is 16.5. The van der Waals surface area contributed by atoms with Gasteiger partial charge in [-0.25, -0.2) is 0 Å². The highest BCUT2D eigenvalue weighted by Crippen LogP contribution is 2.31. The average Bonchev–Trinajstić information content (AvgIpc) is 2.69. The van der Waals surface area contributed by atoms with E-state index in [9.17, 15) is 9.59 Å². The van der Waals surface area contributed by atoms with Gasteiger partial charge in [0.1, 0.15) is 11.4 Å². The molecular weight excluding hydrogens is 256 g/mol. The fraction of sp³-hybridized carbons (Fsp3) is 0.200. The van der Waals surface area contributed by atoms with Crippen molar-refractivity contribution in [2.24, 2.45) is 0 Å². The van der Waals surface area contributed by atoms with E-state index < -0.39 is 0 Å². The summed E-state index contributed by atoms with van der Waals surface area (Å²) < 4.78 is 5.62. The molecular formula is C15H14N2O3. The van der Waals surface area contributed by atoms with Crippen LogP contribution in [0.15, 0.2) is 47.3 Å². The molecule has 0 radical (unpaired) electrons. The minimum Gasteiger partial charge on any atom is -0.491 e. The molecule has 0 aliphatic carbocycles. The maximum atomic E-state index is 12.6. The smallest absolute Gasteiger partial charge is 0.274 e. The summed E-state index contributed by atoms with van der Waals surface area (Å²) in [6.45, 7) is 1.14. The largest absolute Gasteiger partial charge is 0.491 e. The lowest BCUT2D eigenvalue weighted by Gasteiger charge is -2.21. The van der Waals surface area contributed by atoms with Crippen molar-refractivity contribution in [1.29, 1.82) is 0 Å². The van der Waals surface area contributed by atoms with Crippen LogP contribution in [0.4, 0.5) is 5.69 Å². The summed E-state index contributed by atoms with van der Waals surface area (Å²) in [6, 6.07) is 12.0. The van der Waals surface area contributed by atoms with Gasteiger partial charge in [0.25, 0.3) is 5.91 Å². The molecule has 1 aromatic carbocycles. The lowest BCUT2D eigenvalue weighted by molar-refractivity contribution is 0.0982. The molecule has 5 heteroatoms. The first-order valence-corrected chi connectivity index (χ1v) is 6.49. The second-order valence-corrected chi connectivity index (χ2v) is 4.56. The molecule has 1 aromatic heterocycles. The molecule has 1 N–H and O–H groups in total. The number of carbonyl (C=O) groups is 1. The maximum Gasteiger partial charge on any atom is 0.274 e. The topological polar surface area (TPSA) is 62.4 Å². The number of nitrogens with zero attached hydrogens (tertiary/aromatic N) is 1. The van der Waals surface area contributed by atoms with Crippen molar-refractivity contribution < 1.29 is 9.53 Å². The zero-order valence-corrected chi connectivity index (χ0v) is 10.8. The number of nitrogens with one attached hydrogen (secondary N) is 1. The monoisotopic (exact) mass is 270 g/mol. The minimum atomic E-state index is -0.282. The molecule has 0 spiro atoms. The van der Waals surface area contributed by atoms with E-state index >= 15 is 0 Å². The normalized spacial score (nSPS) is 14.1. The molecule has 0 saturated carbocycles. The van der Waals surface area contributed by atoms with Crippen LogP contribution in [0, 0.1) is 0 Å². The van der Waals surface area contributed by atoms with Crippen LogP contribution in [0.1, 0.15) is 16.9 Å². The fourth-order valence-electron chi connectivity index (χ4n) is 2.26. The van der Waals surface area contributed by atoms with Gasteiger partial charge in [-0.05, 0) is 24.6 Å². The van der Waals surface area contributed by atoms with Gasteiger partial charge in [-0.2, -0.15) is 0 Å². The predicted molar refractivity (Wildman–Crippen MR) is 75.3 cm³/mol. The van der Waals surface area contributed by atoms with Crippen LogP contribution in [0.2, 0.25) is 0 Å². The first-order valence-electron chi connectivity index (χ1n) is 6.49. The van der Waals surface area contributed by atoms with Gasteiger partial charge in [0.15, 0.2) is 0 Å². The molecule has 0 bridgehead atoms. The third-order valence-electron chi connectivity index (χ3n) is 3.18. The molecule has 3 rings (SSSR count). The number of amides is 1. The van der Waals surface area contributed by atoms with E-state index in [1.165, 1.54) is 6.07 Å². The highest BCUT2D eigenvalue weighted by Gasteiger charge is 2.23. The van der Waals surface area contributed by atoms with Crippen LogP contribution in [-0.2, 0) is 0 Å². The highest BCUT2D eigenvalue weighted by molar-refractivity contribution is 6.05. The number of carbonyl (C=O) groups excluding carboxylic acids is 1. The van der Waals surface area contributed by atoms with Crippen molar-refractivity contribution in [3.63, 3.8) is 0 Å². The van der Waals surface area contributed by atoms with Crippen LogP contribution in [-0.4, -0.2) is 24.0 Å². The Morgan fingerprint density at radius 3 is 2.85 bits per heavy atom. The van der Waals surface area contributed by atoms with E-state index in [0.29, 0.717) is 18.9 Å². The third kappa shape index (κ3) is 2.30. The van der Waals surface area contributed by atoms with Crippen molar-refractivity contribution in [3.8, 4) is 5.75 Å². The second-order valence-electron chi connectivity index (χ2n) is 4.56. The van der Waals surface area contributed by atoms with Gasteiger partial charge < -0.3 is 14.6 Å². The number of aromatic amines is 1. The van der Waals surface area contributed by atoms with Gasteiger partial charge in [0, 0.05) is 12.6 Å². The Morgan fingerprint density at radius 2 is 2.00 bits per heavy atom. The van der Waals surface area contributed by atoms with Gasteiger partial charge in [-0.3, -0.25) is 9.59 Å². The Bertz CT molecular complexity index is 693. The summed E-state index contributed by atoms with van der Waals surface area (Å²) in [4.78, 5) is 28.1. The standard InChI is InChI=1S/C15H14N2O3/c18-14-8-3-5-11(16-14)15(19)17-9-4-10-20-13-7-2-1-6-12(13)17/h1-3,5-8H,4,9-10H2,(H,16,18). The van der Waals surface area contributed by atoms with E-state index in [1.54, 1.807) is 17.0 Å². The average molecular weight is 270 g/mol. The SMILES string of the molecule is O=C(c1cccc(=O)[nH]1)N1CCCOc2ccccc21. The van der Waals surface area contributed by atoms with Crippen LogP contribution in [0.3, 0.4) is 0 Å². The summed E-state index contributed by atoms with van der Waals surface area (Å²) in [6.07, 6.45) is 0.748. The van der Waals surface area contributed by atoms with E-state index in [0.717, 1.165) is 12.1 Å². The number of hydrogen-bond acceptors (Lipinski definition) is 3. The summed E-state index contributed by atoms with van der Waals surface area (Å²) >= 11 is 0. The molecule has 0 saturated heterocycles. The lowest BCUT2D eigenvalue weighted by atomic mass is 10.2. The summed E-state index contributed by atoms with van der Waals surface area (Å²) in [7, 11) is 0. The number of benzene rings is 1. The van der Waals surface area contributed by atoms with E-state index in [-0.39, 0.29) is 17.2 Å². The van der Waals surface area contributed by atoms with Crippen molar-refractivity contribution in [1.82, 2.24) is 4.98 Å². The lowest BCUT2D eigenvalue weighted by Crippen LogP contribution is -2.33. The number of pyridine rings is 1. The Morgan fingerprint density at radius 1 is 1.15 bits per heavy atom. The van der Waals surface area contributed by atoms with Gasteiger partial charge >= 0.3 is 0 Å². The Labute approximate surface area is 115 Å². The Hall–Kier alpha value is -2.56. The van der Waals surface area contributed by atoms with Crippen LogP contribution in [0.25, 0.3) is 0 Å². The molecule has 0 atom stereocenters. The molecule has 2 aromatic rings. The number of H-pyrrole nitrogens is 1. The number of hydrogen-bond donors (Lipinski definition) is 1. The van der Waals surface area contributed by atoms with Crippen molar-refractivity contribution in [2.45, 2.75) is 6.42 Å². The number of fused-ring (bicyclic) bond motifs is 1. The van der Waals surface area contributed by atoms with Gasteiger partial charge in [0.2, 0.25) is 5.56 Å². The molecule has 1 aliphatic heterocycles. The molecule has 2 heterocycles. The zero-order chi connectivity index (χ0) is 13.9. The third-order valence-corrected chi connectivity index (χ3v) is 3.18. The van der Waals surface area contributed by atoms with Crippen molar-refractivity contribution in [2.75, 3.05) is 18.1 Å². The maximum absolute atomic E-state index is 12.6. The van der Waals surface area contributed by atoms with Gasteiger partial charge in [-0.15, -0.1) is 0 Å². The molecule has 5 nitrogen and oxygen atoms in total. The number of aromatic nitrogens is 1. The number of ether oxygens (including phenoxy) is 1. The van der Waals surface area contributed by atoms with Crippen molar-refractivity contribution in [3.05, 3.63) is 58.5 Å². The number of rotatable bonds is 1. The predicted octanol–water partition coefficient (Wildman–Crippen LogP) is 1.80.